The molecule has 1 aromatic carbocycles. The fourth-order valence-corrected chi connectivity index (χ4v) is 3.54. The molecule has 1 unspecified atom stereocenters. The number of carbonyl (C=O) groups excluding carboxylic acids is 1. The number of hydrogen-bond acceptors (Lipinski definition) is 2. The number of rotatable bonds is 3. The van der Waals surface area contributed by atoms with Gasteiger partial charge in [-0.15, -0.1) is 0 Å². The van der Waals surface area contributed by atoms with Crippen LogP contribution in [0.25, 0.3) is 0 Å². The molecule has 1 amide bonds. The normalized spacial score (nSPS) is 32.1. The maximum Gasteiger partial charge on any atom is 0.228 e. The Morgan fingerprint density at radius 3 is 2.70 bits per heavy atom. The van der Waals surface area contributed by atoms with Gasteiger partial charge in [0.25, 0.3) is 0 Å². The van der Waals surface area contributed by atoms with Gasteiger partial charge < -0.3 is 11.1 Å². The highest BCUT2D eigenvalue weighted by atomic mass is 16.2. The van der Waals surface area contributed by atoms with Crippen LogP contribution in [0.4, 0.5) is 0 Å². The molecular weight excluding hydrogens is 248 g/mol. The van der Waals surface area contributed by atoms with Gasteiger partial charge in [0.2, 0.25) is 5.91 Å². The lowest BCUT2D eigenvalue weighted by atomic mass is 9.74. The molecule has 0 radical (unpaired) electrons. The number of carbonyl (C=O) groups is 1. The predicted octanol–water partition coefficient (Wildman–Crippen LogP) is 2.35. The van der Waals surface area contributed by atoms with Gasteiger partial charge in [0, 0.05) is 6.54 Å². The van der Waals surface area contributed by atoms with E-state index in [1.807, 2.05) is 12.1 Å². The monoisotopic (exact) mass is 272 g/mol. The van der Waals surface area contributed by atoms with E-state index in [2.05, 4.69) is 24.4 Å². The van der Waals surface area contributed by atoms with Gasteiger partial charge in [0.05, 0.1) is 11.5 Å². The summed E-state index contributed by atoms with van der Waals surface area (Å²) in [4.78, 5) is 12.5. The fraction of sp³-hybridized carbons (Fsp3) is 0.588. The number of nitrogens with one attached hydrogen (secondary N) is 1. The van der Waals surface area contributed by atoms with Crippen molar-refractivity contribution < 1.29 is 4.79 Å². The maximum atomic E-state index is 12.5. The molecule has 0 aliphatic heterocycles. The lowest BCUT2D eigenvalue weighted by molar-refractivity contribution is -0.125. The lowest BCUT2D eigenvalue weighted by Gasteiger charge is -2.41. The van der Waals surface area contributed by atoms with E-state index in [0.29, 0.717) is 6.54 Å². The Kier molecular flexibility index (Phi) is 3.55. The first-order chi connectivity index (χ1) is 9.63. The van der Waals surface area contributed by atoms with Crippen LogP contribution in [0.15, 0.2) is 24.3 Å². The van der Waals surface area contributed by atoms with Crippen molar-refractivity contribution in [1.29, 1.82) is 0 Å². The smallest absolute Gasteiger partial charge is 0.228 e. The Bertz CT molecular complexity index is 503. The zero-order chi connectivity index (χ0) is 14.2. The van der Waals surface area contributed by atoms with E-state index in [-0.39, 0.29) is 17.4 Å². The first-order valence-electron chi connectivity index (χ1n) is 7.73. The average molecular weight is 272 g/mol. The second-order valence-electron chi connectivity index (χ2n) is 6.61. The Morgan fingerprint density at radius 2 is 2.05 bits per heavy atom. The molecule has 3 nitrogen and oxygen atoms in total. The molecule has 0 bridgehead atoms. The number of benzene rings is 1. The minimum atomic E-state index is -0.159. The lowest BCUT2D eigenvalue weighted by Crippen LogP contribution is -2.57. The molecule has 0 spiro atoms. The molecule has 1 fully saturated rings. The zero-order valence-electron chi connectivity index (χ0n) is 12.2. The highest BCUT2D eigenvalue weighted by molar-refractivity contribution is 5.87. The first kappa shape index (κ1) is 13.6. The maximum absolute atomic E-state index is 12.5. The van der Waals surface area contributed by atoms with Gasteiger partial charge in [-0.2, -0.15) is 0 Å². The average Bonchev–Trinajstić information content (AvgIpc) is 2.43. The Labute approximate surface area is 120 Å². The summed E-state index contributed by atoms with van der Waals surface area (Å²) in [5.41, 5.74) is 8.32. The van der Waals surface area contributed by atoms with Crippen molar-refractivity contribution in [1.82, 2.24) is 5.32 Å². The Balaban J connectivity index is 1.67. The highest BCUT2D eigenvalue weighted by Crippen LogP contribution is 2.37. The van der Waals surface area contributed by atoms with Crippen LogP contribution in [0.1, 0.15) is 49.7 Å². The van der Waals surface area contributed by atoms with E-state index in [4.69, 9.17) is 5.73 Å². The van der Waals surface area contributed by atoms with Crippen molar-refractivity contribution in [3.05, 3.63) is 35.4 Å². The first-order valence-corrected chi connectivity index (χ1v) is 7.73. The molecule has 1 aromatic rings. The molecule has 20 heavy (non-hydrogen) atoms. The van der Waals surface area contributed by atoms with Gasteiger partial charge in [-0.05, 0) is 49.1 Å². The largest absolute Gasteiger partial charge is 0.349 e. The minimum Gasteiger partial charge on any atom is -0.349 e. The third kappa shape index (κ3) is 2.35. The Hall–Kier alpha value is -1.35. The third-order valence-electron chi connectivity index (χ3n) is 5.18. The van der Waals surface area contributed by atoms with Crippen LogP contribution < -0.4 is 11.1 Å². The van der Waals surface area contributed by atoms with E-state index >= 15 is 0 Å². The summed E-state index contributed by atoms with van der Waals surface area (Å²) >= 11 is 0. The van der Waals surface area contributed by atoms with Crippen molar-refractivity contribution in [2.75, 3.05) is 6.54 Å². The van der Waals surface area contributed by atoms with E-state index < -0.39 is 0 Å². The van der Waals surface area contributed by atoms with Crippen LogP contribution in [0.2, 0.25) is 0 Å². The molecule has 0 heterocycles. The van der Waals surface area contributed by atoms with Gasteiger partial charge in [-0.25, -0.2) is 0 Å². The van der Waals surface area contributed by atoms with Crippen molar-refractivity contribution in [3.63, 3.8) is 0 Å². The number of nitrogens with two attached hydrogens (primary N) is 1. The van der Waals surface area contributed by atoms with Crippen molar-refractivity contribution in [2.45, 2.75) is 50.5 Å². The van der Waals surface area contributed by atoms with Crippen molar-refractivity contribution >= 4 is 5.91 Å². The third-order valence-corrected chi connectivity index (χ3v) is 5.18. The van der Waals surface area contributed by atoms with Gasteiger partial charge in [0.15, 0.2) is 0 Å². The standard InChI is InChI=1S/C17H24N2O/c1-12-6-8-17(11-18,9-7-12)19-16(20)15-10-13-4-2-3-5-14(13)15/h2-5,12,15H,6-11,18H2,1H3,(H,19,20). The quantitative estimate of drug-likeness (QED) is 0.887. The van der Waals surface area contributed by atoms with Gasteiger partial charge >= 0.3 is 0 Å². The van der Waals surface area contributed by atoms with Crippen LogP contribution in [-0.2, 0) is 11.2 Å². The molecule has 3 heteroatoms. The summed E-state index contributed by atoms with van der Waals surface area (Å²) < 4.78 is 0. The van der Waals surface area contributed by atoms with Crippen LogP contribution in [-0.4, -0.2) is 18.0 Å². The molecule has 0 aromatic heterocycles. The number of hydrogen-bond donors (Lipinski definition) is 2. The van der Waals surface area contributed by atoms with E-state index in [1.54, 1.807) is 0 Å². The molecule has 2 aliphatic carbocycles. The summed E-state index contributed by atoms with van der Waals surface area (Å²) in [5, 5.41) is 3.28. The van der Waals surface area contributed by atoms with E-state index in [1.165, 1.54) is 24.0 Å². The molecule has 1 atom stereocenters. The van der Waals surface area contributed by atoms with Gasteiger partial charge in [-0.1, -0.05) is 31.2 Å². The predicted molar refractivity (Wildman–Crippen MR) is 80.4 cm³/mol. The van der Waals surface area contributed by atoms with Crippen molar-refractivity contribution in [3.8, 4) is 0 Å². The van der Waals surface area contributed by atoms with E-state index in [9.17, 15) is 4.79 Å². The molecule has 1 saturated carbocycles. The molecular formula is C17H24N2O. The molecule has 3 rings (SSSR count). The minimum absolute atomic E-state index is 0.0361. The van der Waals surface area contributed by atoms with Gasteiger partial charge in [0.1, 0.15) is 0 Å². The summed E-state index contributed by atoms with van der Waals surface area (Å²) in [6.07, 6.45) is 5.24. The van der Waals surface area contributed by atoms with Crippen LogP contribution in [0.3, 0.4) is 0 Å². The van der Waals surface area contributed by atoms with Crippen LogP contribution in [0.5, 0.6) is 0 Å². The van der Waals surface area contributed by atoms with Crippen molar-refractivity contribution in [2.24, 2.45) is 11.7 Å². The summed E-state index contributed by atoms with van der Waals surface area (Å²) in [5.74, 6) is 0.966. The molecule has 108 valence electrons. The number of fused-ring (bicyclic) bond motifs is 1. The Morgan fingerprint density at radius 1 is 1.35 bits per heavy atom. The van der Waals surface area contributed by atoms with Crippen LogP contribution in [0, 0.1) is 5.92 Å². The number of amides is 1. The second-order valence-corrected chi connectivity index (χ2v) is 6.61. The molecule has 2 aliphatic rings. The zero-order valence-corrected chi connectivity index (χ0v) is 12.2. The summed E-state index contributed by atoms with van der Waals surface area (Å²) in [6.45, 7) is 2.84. The second kappa shape index (κ2) is 5.21. The van der Waals surface area contributed by atoms with Gasteiger partial charge in [-0.3, -0.25) is 4.79 Å². The summed E-state index contributed by atoms with van der Waals surface area (Å²) in [6, 6.07) is 8.23. The highest BCUT2D eigenvalue weighted by Gasteiger charge is 2.39. The molecule has 3 N–H and O–H groups in total. The SMILES string of the molecule is CC1CCC(CN)(NC(=O)C2Cc3ccccc32)CC1. The van der Waals surface area contributed by atoms with E-state index in [0.717, 1.165) is 25.2 Å². The van der Waals surface area contributed by atoms with Crippen LogP contribution >= 0.6 is 0 Å². The molecule has 0 saturated heterocycles. The topological polar surface area (TPSA) is 55.1 Å². The fourth-order valence-electron chi connectivity index (χ4n) is 3.54. The summed E-state index contributed by atoms with van der Waals surface area (Å²) in [7, 11) is 0.